The monoisotopic (exact) mass is 395 g/mol. The SMILES string of the molecule is Cc1nn(-c2ccc(Cl)cc2)c2sc(C(=O)N[C@H](C)c3ccccc3)cc12. The lowest BCUT2D eigenvalue weighted by molar-refractivity contribution is 0.0944. The van der Waals surface area contributed by atoms with Gasteiger partial charge in [-0.25, -0.2) is 4.68 Å². The van der Waals surface area contributed by atoms with Gasteiger partial charge in [-0.3, -0.25) is 4.79 Å². The highest BCUT2D eigenvalue weighted by Crippen LogP contribution is 2.31. The molecule has 0 saturated carbocycles. The van der Waals surface area contributed by atoms with Gasteiger partial charge in [0.25, 0.3) is 5.91 Å². The summed E-state index contributed by atoms with van der Waals surface area (Å²) in [5, 5.41) is 9.36. The van der Waals surface area contributed by atoms with Crippen LogP contribution in [0.25, 0.3) is 15.9 Å². The summed E-state index contributed by atoms with van der Waals surface area (Å²) in [4.78, 5) is 14.4. The first-order chi connectivity index (χ1) is 13.0. The minimum atomic E-state index is -0.0744. The van der Waals surface area contributed by atoms with Crippen LogP contribution in [0.5, 0.6) is 0 Å². The van der Waals surface area contributed by atoms with Gasteiger partial charge in [-0.15, -0.1) is 11.3 Å². The van der Waals surface area contributed by atoms with E-state index in [2.05, 4.69) is 10.4 Å². The molecular weight excluding hydrogens is 378 g/mol. The van der Waals surface area contributed by atoms with E-state index < -0.39 is 0 Å². The zero-order valence-electron chi connectivity index (χ0n) is 14.9. The molecule has 0 radical (unpaired) electrons. The van der Waals surface area contributed by atoms with Gasteiger partial charge in [-0.2, -0.15) is 5.10 Å². The highest BCUT2D eigenvalue weighted by molar-refractivity contribution is 7.20. The normalized spacial score (nSPS) is 12.3. The van der Waals surface area contributed by atoms with E-state index in [1.165, 1.54) is 11.3 Å². The average Bonchev–Trinajstić information content (AvgIpc) is 3.24. The number of hydrogen-bond acceptors (Lipinski definition) is 3. The number of aryl methyl sites for hydroxylation is 1. The average molecular weight is 396 g/mol. The summed E-state index contributed by atoms with van der Waals surface area (Å²) in [5.41, 5.74) is 2.89. The third kappa shape index (κ3) is 3.48. The summed E-state index contributed by atoms with van der Waals surface area (Å²) in [7, 11) is 0. The van der Waals surface area contributed by atoms with E-state index in [0.29, 0.717) is 9.90 Å². The minimum Gasteiger partial charge on any atom is -0.345 e. The van der Waals surface area contributed by atoms with E-state index >= 15 is 0 Å². The molecule has 2 heterocycles. The molecule has 4 aromatic rings. The van der Waals surface area contributed by atoms with Crippen molar-refractivity contribution in [3.05, 3.63) is 81.8 Å². The van der Waals surface area contributed by atoms with Gasteiger partial charge >= 0.3 is 0 Å². The molecule has 6 heteroatoms. The molecule has 1 amide bonds. The first kappa shape index (κ1) is 17.8. The summed E-state index contributed by atoms with van der Waals surface area (Å²) in [6, 6.07) is 19.3. The standard InChI is InChI=1S/C21H18ClN3OS/c1-13(15-6-4-3-5-7-15)23-20(26)19-12-18-14(2)24-25(21(18)27-19)17-10-8-16(22)9-11-17/h3-13H,1-2H3,(H,23,26)/t13-/m1/s1. The number of halogens is 1. The van der Waals surface area contributed by atoms with Gasteiger partial charge < -0.3 is 5.32 Å². The molecule has 0 aliphatic carbocycles. The predicted molar refractivity (Wildman–Crippen MR) is 111 cm³/mol. The Kier molecular flexibility index (Phi) is 4.72. The van der Waals surface area contributed by atoms with Crippen LogP contribution in [-0.2, 0) is 0 Å². The number of carbonyl (C=O) groups is 1. The van der Waals surface area contributed by atoms with Crippen molar-refractivity contribution in [1.82, 2.24) is 15.1 Å². The Morgan fingerprint density at radius 3 is 2.56 bits per heavy atom. The fourth-order valence-electron chi connectivity index (χ4n) is 3.01. The number of benzene rings is 2. The summed E-state index contributed by atoms with van der Waals surface area (Å²) in [6.07, 6.45) is 0. The zero-order chi connectivity index (χ0) is 19.0. The van der Waals surface area contributed by atoms with Crippen molar-refractivity contribution in [2.75, 3.05) is 0 Å². The van der Waals surface area contributed by atoms with Crippen LogP contribution in [0, 0.1) is 6.92 Å². The van der Waals surface area contributed by atoms with Crippen molar-refractivity contribution < 1.29 is 4.79 Å². The van der Waals surface area contributed by atoms with Crippen LogP contribution in [0.1, 0.15) is 33.9 Å². The van der Waals surface area contributed by atoms with Gasteiger partial charge in [-0.1, -0.05) is 41.9 Å². The molecule has 4 rings (SSSR count). The summed E-state index contributed by atoms with van der Waals surface area (Å²) < 4.78 is 1.86. The molecule has 4 nitrogen and oxygen atoms in total. The highest BCUT2D eigenvalue weighted by Gasteiger charge is 2.18. The number of thiophene rings is 1. The van der Waals surface area contributed by atoms with E-state index in [4.69, 9.17) is 11.6 Å². The summed E-state index contributed by atoms with van der Waals surface area (Å²) in [6.45, 7) is 3.94. The third-order valence-corrected chi connectivity index (χ3v) is 5.85. The largest absolute Gasteiger partial charge is 0.345 e. The second-order valence-corrected chi connectivity index (χ2v) is 7.88. The van der Waals surface area contributed by atoms with Gasteiger partial charge in [0.1, 0.15) is 4.83 Å². The number of hydrogen-bond donors (Lipinski definition) is 1. The van der Waals surface area contributed by atoms with Crippen molar-refractivity contribution in [2.45, 2.75) is 19.9 Å². The Morgan fingerprint density at radius 2 is 1.85 bits per heavy atom. The fraction of sp³-hybridized carbons (Fsp3) is 0.143. The first-order valence-electron chi connectivity index (χ1n) is 8.64. The molecule has 1 atom stereocenters. The van der Waals surface area contributed by atoms with Crippen LogP contribution in [0.3, 0.4) is 0 Å². The minimum absolute atomic E-state index is 0.0576. The van der Waals surface area contributed by atoms with Crippen molar-refractivity contribution in [3.8, 4) is 5.69 Å². The van der Waals surface area contributed by atoms with E-state index in [9.17, 15) is 4.79 Å². The Bertz CT molecular complexity index is 1100. The van der Waals surface area contributed by atoms with Crippen molar-refractivity contribution >= 4 is 39.1 Å². The Hall–Kier alpha value is -2.63. The van der Waals surface area contributed by atoms with E-state index in [1.54, 1.807) is 0 Å². The van der Waals surface area contributed by atoms with E-state index in [-0.39, 0.29) is 11.9 Å². The van der Waals surface area contributed by atoms with Gasteiger partial charge in [0.2, 0.25) is 0 Å². The Morgan fingerprint density at radius 1 is 1.15 bits per heavy atom. The molecule has 1 N–H and O–H groups in total. The number of fused-ring (bicyclic) bond motifs is 1. The molecule has 0 bridgehead atoms. The van der Waals surface area contributed by atoms with Crippen molar-refractivity contribution in [2.24, 2.45) is 0 Å². The Balaban J connectivity index is 1.64. The summed E-state index contributed by atoms with van der Waals surface area (Å²) >= 11 is 7.43. The van der Waals surface area contributed by atoms with Gasteiger partial charge in [0, 0.05) is 10.4 Å². The lowest BCUT2D eigenvalue weighted by atomic mass is 10.1. The number of nitrogens with one attached hydrogen (secondary N) is 1. The van der Waals surface area contributed by atoms with Crippen molar-refractivity contribution in [1.29, 1.82) is 0 Å². The van der Waals surface area contributed by atoms with Crippen LogP contribution < -0.4 is 5.32 Å². The second-order valence-electron chi connectivity index (χ2n) is 6.41. The van der Waals surface area contributed by atoms with Gasteiger partial charge in [0.15, 0.2) is 0 Å². The summed E-state index contributed by atoms with van der Waals surface area (Å²) in [5.74, 6) is -0.0744. The topological polar surface area (TPSA) is 46.9 Å². The highest BCUT2D eigenvalue weighted by atomic mass is 35.5. The number of nitrogens with zero attached hydrogens (tertiary/aromatic N) is 2. The number of amides is 1. The van der Waals surface area contributed by atoms with Crippen LogP contribution in [0.4, 0.5) is 0 Å². The molecule has 0 aliphatic rings. The fourth-order valence-corrected chi connectivity index (χ4v) is 4.22. The lowest BCUT2D eigenvalue weighted by Crippen LogP contribution is -2.25. The maximum atomic E-state index is 12.8. The molecule has 0 spiro atoms. The molecule has 0 aliphatic heterocycles. The molecule has 136 valence electrons. The lowest BCUT2D eigenvalue weighted by Gasteiger charge is -2.13. The number of carbonyl (C=O) groups excluding carboxylic acids is 1. The third-order valence-electron chi connectivity index (χ3n) is 4.49. The van der Waals surface area contributed by atoms with E-state index in [0.717, 1.165) is 27.2 Å². The van der Waals surface area contributed by atoms with Gasteiger partial charge in [0.05, 0.1) is 22.3 Å². The van der Waals surface area contributed by atoms with Crippen LogP contribution >= 0.6 is 22.9 Å². The molecule has 0 saturated heterocycles. The number of aromatic nitrogens is 2. The molecule has 27 heavy (non-hydrogen) atoms. The van der Waals surface area contributed by atoms with Gasteiger partial charge in [-0.05, 0) is 49.7 Å². The van der Waals surface area contributed by atoms with Crippen LogP contribution in [-0.4, -0.2) is 15.7 Å². The molecule has 0 unspecified atom stereocenters. The molecule has 2 aromatic carbocycles. The van der Waals surface area contributed by atoms with Crippen LogP contribution in [0.15, 0.2) is 60.7 Å². The van der Waals surface area contributed by atoms with E-state index in [1.807, 2.05) is 79.2 Å². The van der Waals surface area contributed by atoms with Crippen LogP contribution in [0.2, 0.25) is 5.02 Å². The number of rotatable bonds is 4. The molecule has 2 aromatic heterocycles. The molecular formula is C21H18ClN3OS. The Labute approximate surface area is 166 Å². The predicted octanol–water partition coefficient (Wildman–Crippen LogP) is 5.54. The maximum absolute atomic E-state index is 12.8. The second kappa shape index (κ2) is 7.18. The first-order valence-corrected chi connectivity index (χ1v) is 9.83. The zero-order valence-corrected chi connectivity index (χ0v) is 16.5. The quantitative estimate of drug-likeness (QED) is 0.493. The molecule has 0 fully saturated rings. The maximum Gasteiger partial charge on any atom is 0.261 e. The van der Waals surface area contributed by atoms with Crippen molar-refractivity contribution in [3.63, 3.8) is 0 Å². The smallest absolute Gasteiger partial charge is 0.261 e.